The minimum atomic E-state index is 0.436. The van der Waals surface area contributed by atoms with Gasteiger partial charge in [0.15, 0.2) is 11.5 Å². The minimum Gasteiger partial charge on any atom is -0.490 e. The molecule has 114 valence electrons. The van der Waals surface area contributed by atoms with Gasteiger partial charge in [-0.3, -0.25) is 0 Å². The lowest BCUT2D eigenvalue weighted by Crippen LogP contribution is -2.22. The molecule has 2 aromatic rings. The molecule has 0 radical (unpaired) electrons. The zero-order chi connectivity index (χ0) is 15.1. The van der Waals surface area contributed by atoms with Gasteiger partial charge in [0.25, 0.3) is 0 Å². The van der Waals surface area contributed by atoms with Crippen molar-refractivity contribution in [3.8, 4) is 11.5 Å². The highest BCUT2D eigenvalue weighted by Crippen LogP contribution is 2.32. The Hall–Kier alpha value is -1.52. The summed E-state index contributed by atoms with van der Waals surface area (Å²) in [4.78, 5) is 0. The van der Waals surface area contributed by atoms with Crippen LogP contribution in [0.15, 0.2) is 35.0 Å². The van der Waals surface area contributed by atoms with Gasteiger partial charge in [0.2, 0.25) is 0 Å². The van der Waals surface area contributed by atoms with Crippen LogP contribution in [-0.4, -0.2) is 12.6 Å². The maximum Gasteiger partial charge on any atom is 0.166 e. The normalized spacial score (nSPS) is 10.9. The smallest absolute Gasteiger partial charge is 0.166 e. The summed E-state index contributed by atoms with van der Waals surface area (Å²) in [6.07, 6.45) is 0. The van der Waals surface area contributed by atoms with Gasteiger partial charge in [-0.15, -0.1) is 0 Å². The predicted octanol–water partition coefficient (Wildman–Crippen LogP) is 4.22. The number of nitrogens with one attached hydrogen (secondary N) is 1. The molecule has 3 nitrogen and oxygen atoms in total. The molecule has 0 aliphatic rings. The summed E-state index contributed by atoms with van der Waals surface area (Å²) in [5, 5.41) is 7.60. The molecule has 1 N–H and O–H groups in total. The Balaban J connectivity index is 2.16. The van der Waals surface area contributed by atoms with Crippen molar-refractivity contribution >= 4 is 11.3 Å². The van der Waals surface area contributed by atoms with Crippen LogP contribution in [0.4, 0.5) is 0 Å². The van der Waals surface area contributed by atoms with E-state index in [1.54, 1.807) is 11.3 Å². The number of para-hydroxylation sites is 1. The Morgan fingerprint density at radius 1 is 1.19 bits per heavy atom. The van der Waals surface area contributed by atoms with Crippen LogP contribution in [-0.2, 0) is 13.2 Å². The molecule has 0 fully saturated rings. The number of benzene rings is 1. The van der Waals surface area contributed by atoms with E-state index < -0.39 is 0 Å². The third kappa shape index (κ3) is 4.76. The summed E-state index contributed by atoms with van der Waals surface area (Å²) in [5.41, 5.74) is 2.32. The lowest BCUT2D eigenvalue weighted by Gasteiger charge is -2.17. The zero-order valence-corrected chi connectivity index (χ0v) is 13.7. The Labute approximate surface area is 130 Å². The van der Waals surface area contributed by atoms with Crippen LogP contribution in [0.5, 0.6) is 11.5 Å². The van der Waals surface area contributed by atoms with E-state index in [-0.39, 0.29) is 0 Å². The van der Waals surface area contributed by atoms with E-state index in [9.17, 15) is 0 Å². The van der Waals surface area contributed by atoms with Crippen LogP contribution < -0.4 is 14.8 Å². The van der Waals surface area contributed by atoms with Crippen LogP contribution >= 0.6 is 11.3 Å². The number of thiophene rings is 1. The molecule has 0 saturated heterocycles. The molecular weight excluding hydrogens is 282 g/mol. The summed E-state index contributed by atoms with van der Waals surface area (Å²) in [7, 11) is 0. The molecule has 1 aromatic carbocycles. The molecule has 4 heteroatoms. The zero-order valence-electron chi connectivity index (χ0n) is 12.9. The van der Waals surface area contributed by atoms with Crippen LogP contribution in [0.1, 0.15) is 31.9 Å². The molecule has 0 amide bonds. The molecule has 0 aliphatic carbocycles. The summed E-state index contributed by atoms with van der Waals surface area (Å²) >= 11 is 1.68. The molecule has 0 bridgehead atoms. The molecule has 0 saturated carbocycles. The van der Waals surface area contributed by atoms with E-state index in [1.807, 2.05) is 19.1 Å². The number of ether oxygens (including phenoxy) is 2. The fourth-order valence-electron chi connectivity index (χ4n) is 1.98. The van der Waals surface area contributed by atoms with E-state index in [0.717, 1.165) is 23.6 Å². The Morgan fingerprint density at radius 3 is 2.71 bits per heavy atom. The van der Waals surface area contributed by atoms with Crippen molar-refractivity contribution in [1.29, 1.82) is 0 Å². The maximum atomic E-state index is 6.04. The van der Waals surface area contributed by atoms with Crippen molar-refractivity contribution in [2.75, 3.05) is 6.61 Å². The van der Waals surface area contributed by atoms with Crippen LogP contribution in [0.25, 0.3) is 0 Å². The molecule has 0 aliphatic heterocycles. The predicted molar refractivity (Wildman–Crippen MR) is 88.2 cm³/mol. The van der Waals surface area contributed by atoms with Gasteiger partial charge in [0.05, 0.1) is 6.61 Å². The molecule has 0 unspecified atom stereocenters. The summed E-state index contributed by atoms with van der Waals surface area (Å²) in [5.74, 6) is 1.66. The molecule has 2 rings (SSSR count). The monoisotopic (exact) mass is 305 g/mol. The Kier molecular flexibility index (Phi) is 6.08. The molecule has 21 heavy (non-hydrogen) atoms. The highest BCUT2D eigenvalue weighted by Gasteiger charge is 2.11. The van der Waals surface area contributed by atoms with E-state index in [2.05, 4.69) is 42.1 Å². The first kappa shape index (κ1) is 15.9. The third-order valence-electron chi connectivity index (χ3n) is 3.02. The average molecular weight is 305 g/mol. The van der Waals surface area contributed by atoms with Crippen molar-refractivity contribution in [1.82, 2.24) is 5.32 Å². The molecule has 1 aromatic heterocycles. The molecular formula is C17H23NO2S. The molecule has 0 spiro atoms. The van der Waals surface area contributed by atoms with Gasteiger partial charge in [-0.1, -0.05) is 26.0 Å². The third-order valence-corrected chi connectivity index (χ3v) is 3.76. The first-order chi connectivity index (χ1) is 10.2. The number of hydrogen-bond acceptors (Lipinski definition) is 4. The fourth-order valence-corrected chi connectivity index (χ4v) is 2.63. The van der Waals surface area contributed by atoms with Crippen molar-refractivity contribution in [2.45, 2.75) is 40.0 Å². The van der Waals surface area contributed by atoms with Crippen LogP contribution in [0.2, 0.25) is 0 Å². The van der Waals surface area contributed by atoms with Gasteiger partial charge < -0.3 is 14.8 Å². The summed E-state index contributed by atoms with van der Waals surface area (Å²) in [6, 6.07) is 8.58. The van der Waals surface area contributed by atoms with Crippen LogP contribution in [0.3, 0.4) is 0 Å². The van der Waals surface area contributed by atoms with Crippen molar-refractivity contribution in [3.63, 3.8) is 0 Å². The lowest BCUT2D eigenvalue weighted by atomic mass is 10.1. The SMILES string of the molecule is CCOc1cccc(CNC(C)C)c1OCc1ccsc1. The Bertz CT molecular complexity index is 538. The summed E-state index contributed by atoms with van der Waals surface area (Å²) in [6.45, 7) is 8.24. The maximum absolute atomic E-state index is 6.04. The van der Waals surface area contributed by atoms with E-state index in [4.69, 9.17) is 9.47 Å². The van der Waals surface area contributed by atoms with Gasteiger partial charge in [-0.2, -0.15) is 11.3 Å². The fraction of sp³-hybridized carbons (Fsp3) is 0.412. The number of rotatable bonds is 8. The van der Waals surface area contributed by atoms with Crippen molar-refractivity contribution < 1.29 is 9.47 Å². The Morgan fingerprint density at radius 2 is 2.05 bits per heavy atom. The summed E-state index contributed by atoms with van der Waals surface area (Å²) < 4.78 is 11.7. The average Bonchev–Trinajstić information content (AvgIpc) is 2.97. The molecule has 1 heterocycles. The van der Waals surface area contributed by atoms with Crippen molar-refractivity contribution in [2.24, 2.45) is 0 Å². The van der Waals surface area contributed by atoms with Gasteiger partial charge in [0.1, 0.15) is 6.61 Å². The van der Waals surface area contributed by atoms with Crippen LogP contribution in [0, 0.1) is 0 Å². The second-order valence-corrected chi connectivity index (χ2v) is 5.91. The van der Waals surface area contributed by atoms with E-state index in [1.165, 1.54) is 5.56 Å². The second kappa shape index (κ2) is 8.05. The standard InChI is InChI=1S/C17H23NO2S/c1-4-19-16-7-5-6-15(10-18-13(2)3)17(16)20-11-14-8-9-21-12-14/h5-9,12-13,18H,4,10-11H2,1-3H3. The lowest BCUT2D eigenvalue weighted by molar-refractivity contribution is 0.266. The van der Waals surface area contributed by atoms with Crippen molar-refractivity contribution in [3.05, 3.63) is 46.2 Å². The quantitative estimate of drug-likeness (QED) is 0.792. The van der Waals surface area contributed by atoms with E-state index in [0.29, 0.717) is 19.3 Å². The van der Waals surface area contributed by atoms with Gasteiger partial charge in [0, 0.05) is 18.2 Å². The van der Waals surface area contributed by atoms with Gasteiger partial charge in [-0.05, 0) is 35.4 Å². The molecule has 0 atom stereocenters. The van der Waals surface area contributed by atoms with Gasteiger partial charge >= 0.3 is 0 Å². The second-order valence-electron chi connectivity index (χ2n) is 5.13. The minimum absolute atomic E-state index is 0.436. The highest BCUT2D eigenvalue weighted by atomic mass is 32.1. The number of hydrogen-bond donors (Lipinski definition) is 1. The highest BCUT2D eigenvalue weighted by molar-refractivity contribution is 7.07. The topological polar surface area (TPSA) is 30.5 Å². The first-order valence-electron chi connectivity index (χ1n) is 7.32. The van der Waals surface area contributed by atoms with E-state index >= 15 is 0 Å². The largest absolute Gasteiger partial charge is 0.490 e. The first-order valence-corrected chi connectivity index (χ1v) is 8.27. The van der Waals surface area contributed by atoms with Gasteiger partial charge in [-0.25, -0.2) is 0 Å².